The summed E-state index contributed by atoms with van der Waals surface area (Å²) in [5, 5.41) is 16.0. The highest BCUT2D eigenvalue weighted by molar-refractivity contribution is 5.73. The second kappa shape index (κ2) is 6.34. The van der Waals surface area contributed by atoms with Gasteiger partial charge in [-0.25, -0.2) is 4.68 Å². The Labute approximate surface area is 118 Å². The van der Waals surface area contributed by atoms with Crippen LogP contribution < -0.4 is 5.32 Å². The highest BCUT2D eigenvalue weighted by atomic mass is 16.3. The molecule has 0 aliphatic rings. The van der Waals surface area contributed by atoms with Crippen molar-refractivity contribution in [1.82, 2.24) is 15.1 Å². The molecule has 1 aromatic carbocycles. The lowest BCUT2D eigenvalue weighted by Gasteiger charge is -2.13. The van der Waals surface area contributed by atoms with Crippen molar-refractivity contribution in [3.63, 3.8) is 0 Å². The van der Waals surface area contributed by atoms with Gasteiger partial charge in [0.25, 0.3) is 0 Å². The molecule has 0 saturated heterocycles. The third-order valence-electron chi connectivity index (χ3n) is 3.11. The molecule has 1 heterocycles. The predicted molar refractivity (Wildman–Crippen MR) is 76.6 cm³/mol. The Morgan fingerprint density at radius 3 is 2.70 bits per heavy atom. The number of carbonyl (C=O) groups is 1. The van der Waals surface area contributed by atoms with Gasteiger partial charge in [0, 0.05) is 19.7 Å². The zero-order valence-electron chi connectivity index (χ0n) is 11.7. The summed E-state index contributed by atoms with van der Waals surface area (Å²) in [6.45, 7) is 3.58. The summed E-state index contributed by atoms with van der Waals surface area (Å²) < 4.78 is 1.78. The van der Waals surface area contributed by atoms with Crippen LogP contribution in [0.5, 0.6) is 0 Å². The number of carbonyl (C=O) groups excluding carboxylic acids is 1. The maximum atomic E-state index is 11.0. The minimum absolute atomic E-state index is 0.0101. The van der Waals surface area contributed by atoms with Gasteiger partial charge in [0.15, 0.2) is 0 Å². The Hall–Kier alpha value is -2.14. The average molecular weight is 273 g/mol. The Morgan fingerprint density at radius 2 is 2.10 bits per heavy atom. The molecular formula is C15H19N3O2. The molecule has 0 radical (unpaired) electrons. The Bertz CT molecular complexity index is 575. The average Bonchev–Trinajstić information content (AvgIpc) is 2.87. The molecule has 1 atom stereocenters. The number of rotatable bonds is 5. The number of nitrogens with one attached hydrogen (secondary N) is 1. The lowest BCUT2D eigenvalue weighted by Crippen LogP contribution is -2.23. The molecule has 0 unspecified atom stereocenters. The highest BCUT2D eigenvalue weighted by Gasteiger charge is 2.07. The summed E-state index contributed by atoms with van der Waals surface area (Å²) in [5.41, 5.74) is 3.00. The van der Waals surface area contributed by atoms with E-state index in [2.05, 4.69) is 10.4 Å². The summed E-state index contributed by atoms with van der Waals surface area (Å²) in [4.78, 5) is 11.0. The van der Waals surface area contributed by atoms with Crippen LogP contribution in [0.25, 0.3) is 5.69 Å². The second-order valence-electron chi connectivity index (χ2n) is 4.78. The zero-order chi connectivity index (χ0) is 14.5. The normalized spacial score (nSPS) is 12.2. The van der Waals surface area contributed by atoms with Crippen LogP contribution in [-0.4, -0.2) is 27.4 Å². The molecule has 20 heavy (non-hydrogen) atoms. The number of benzene rings is 1. The van der Waals surface area contributed by atoms with Crippen LogP contribution in [0.1, 0.15) is 31.0 Å². The first kappa shape index (κ1) is 14.3. The molecule has 1 aromatic heterocycles. The first-order valence-electron chi connectivity index (χ1n) is 6.62. The number of hydrogen-bond acceptors (Lipinski definition) is 3. The number of amides is 1. The summed E-state index contributed by atoms with van der Waals surface area (Å²) >= 11 is 0. The van der Waals surface area contributed by atoms with Crippen LogP contribution in [0.15, 0.2) is 36.7 Å². The van der Waals surface area contributed by atoms with E-state index in [9.17, 15) is 4.79 Å². The van der Waals surface area contributed by atoms with E-state index in [1.165, 1.54) is 6.92 Å². The summed E-state index contributed by atoms with van der Waals surface area (Å²) in [6.07, 6.45) is 4.27. The van der Waals surface area contributed by atoms with Gasteiger partial charge < -0.3 is 10.4 Å². The predicted octanol–water partition coefficient (Wildman–Crippen LogP) is 1.60. The van der Waals surface area contributed by atoms with Crippen LogP contribution >= 0.6 is 0 Å². The topological polar surface area (TPSA) is 67.2 Å². The van der Waals surface area contributed by atoms with Gasteiger partial charge in [0.05, 0.1) is 17.9 Å². The number of aliphatic hydroxyl groups is 1. The van der Waals surface area contributed by atoms with E-state index in [0.29, 0.717) is 6.42 Å². The second-order valence-corrected chi connectivity index (χ2v) is 4.78. The lowest BCUT2D eigenvalue weighted by atomic mass is 10.1. The van der Waals surface area contributed by atoms with Crippen molar-refractivity contribution in [2.24, 2.45) is 0 Å². The Morgan fingerprint density at radius 1 is 1.40 bits per heavy atom. The fourth-order valence-electron chi connectivity index (χ4n) is 2.06. The van der Waals surface area contributed by atoms with E-state index >= 15 is 0 Å². The summed E-state index contributed by atoms with van der Waals surface area (Å²) in [7, 11) is 0. The first-order valence-corrected chi connectivity index (χ1v) is 6.62. The van der Waals surface area contributed by atoms with Crippen LogP contribution in [0.2, 0.25) is 0 Å². The number of nitrogens with zero attached hydrogens (tertiary/aromatic N) is 2. The molecular weight excluding hydrogens is 254 g/mol. The highest BCUT2D eigenvalue weighted by Crippen LogP contribution is 2.15. The number of aliphatic hydroxyl groups excluding tert-OH is 1. The standard InChI is InChI=1S/C15H19N3O2/c1-11(17-12(2)20)14-3-5-15(6-4-14)18-10-13(7-8-19)9-16-18/h3-6,9-11,19H,7-8H2,1-2H3,(H,17,20)/t11-/m1/s1. The van der Waals surface area contributed by atoms with Crippen LogP contribution in [-0.2, 0) is 11.2 Å². The van der Waals surface area contributed by atoms with Crippen LogP contribution in [0.4, 0.5) is 0 Å². The fourth-order valence-corrected chi connectivity index (χ4v) is 2.06. The van der Waals surface area contributed by atoms with E-state index in [1.54, 1.807) is 10.9 Å². The quantitative estimate of drug-likeness (QED) is 0.869. The molecule has 5 nitrogen and oxygen atoms in total. The van der Waals surface area contributed by atoms with Gasteiger partial charge in [-0.05, 0) is 36.6 Å². The largest absolute Gasteiger partial charge is 0.396 e. The molecule has 2 N–H and O–H groups in total. The lowest BCUT2D eigenvalue weighted by molar-refractivity contribution is -0.119. The monoisotopic (exact) mass is 273 g/mol. The molecule has 106 valence electrons. The first-order chi connectivity index (χ1) is 9.60. The SMILES string of the molecule is CC(=O)N[C@H](C)c1ccc(-n2cc(CCO)cn2)cc1. The van der Waals surface area contributed by atoms with Gasteiger partial charge in [0.2, 0.25) is 5.91 Å². The van der Waals surface area contributed by atoms with Crippen molar-refractivity contribution in [3.8, 4) is 5.69 Å². The van der Waals surface area contributed by atoms with Crippen molar-refractivity contribution < 1.29 is 9.90 Å². The number of hydrogen-bond donors (Lipinski definition) is 2. The molecule has 2 aromatic rings. The van der Waals surface area contributed by atoms with Crippen molar-refractivity contribution >= 4 is 5.91 Å². The molecule has 0 fully saturated rings. The molecule has 1 amide bonds. The Balaban J connectivity index is 2.12. The summed E-state index contributed by atoms with van der Waals surface area (Å²) in [5.74, 6) is -0.0395. The van der Waals surface area contributed by atoms with Crippen molar-refractivity contribution in [3.05, 3.63) is 47.8 Å². The van der Waals surface area contributed by atoms with Gasteiger partial charge in [-0.2, -0.15) is 5.10 Å². The van der Waals surface area contributed by atoms with Gasteiger partial charge in [-0.15, -0.1) is 0 Å². The third kappa shape index (κ3) is 3.45. The van der Waals surface area contributed by atoms with Crippen molar-refractivity contribution in [2.45, 2.75) is 26.3 Å². The molecule has 0 aliphatic heterocycles. The number of aromatic nitrogens is 2. The van der Waals surface area contributed by atoms with Gasteiger partial charge in [-0.1, -0.05) is 12.1 Å². The summed E-state index contributed by atoms with van der Waals surface area (Å²) in [6, 6.07) is 7.86. The molecule has 5 heteroatoms. The zero-order valence-corrected chi connectivity index (χ0v) is 11.7. The van der Waals surface area contributed by atoms with E-state index in [-0.39, 0.29) is 18.6 Å². The maximum absolute atomic E-state index is 11.0. The van der Waals surface area contributed by atoms with Crippen LogP contribution in [0, 0.1) is 0 Å². The molecule has 0 bridgehead atoms. The Kier molecular flexibility index (Phi) is 4.53. The van der Waals surface area contributed by atoms with E-state index < -0.39 is 0 Å². The maximum Gasteiger partial charge on any atom is 0.217 e. The third-order valence-corrected chi connectivity index (χ3v) is 3.11. The van der Waals surface area contributed by atoms with Gasteiger partial charge in [0.1, 0.15) is 0 Å². The minimum Gasteiger partial charge on any atom is -0.396 e. The smallest absolute Gasteiger partial charge is 0.217 e. The molecule has 2 rings (SSSR count). The molecule has 0 spiro atoms. The van der Waals surface area contributed by atoms with E-state index in [1.807, 2.05) is 37.4 Å². The van der Waals surface area contributed by atoms with E-state index in [4.69, 9.17) is 5.11 Å². The van der Waals surface area contributed by atoms with Crippen LogP contribution in [0.3, 0.4) is 0 Å². The van der Waals surface area contributed by atoms with E-state index in [0.717, 1.165) is 16.8 Å². The fraction of sp³-hybridized carbons (Fsp3) is 0.333. The molecule has 0 saturated carbocycles. The van der Waals surface area contributed by atoms with Gasteiger partial charge >= 0.3 is 0 Å². The van der Waals surface area contributed by atoms with Crippen molar-refractivity contribution in [1.29, 1.82) is 0 Å². The van der Waals surface area contributed by atoms with Gasteiger partial charge in [-0.3, -0.25) is 4.79 Å². The van der Waals surface area contributed by atoms with Crippen molar-refractivity contribution in [2.75, 3.05) is 6.61 Å². The minimum atomic E-state index is -0.0395. The molecule has 0 aliphatic carbocycles.